The predicted octanol–water partition coefficient (Wildman–Crippen LogP) is 2.14. The minimum Gasteiger partial charge on any atom is -0.478 e. The summed E-state index contributed by atoms with van der Waals surface area (Å²) in [6.45, 7) is 2.50. The molecule has 1 aliphatic heterocycles. The third-order valence-corrected chi connectivity index (χ3v) is 5.18. The zero-order chi connectivity index (χ0) is 18.2. The standard InChI is InChI=1S/C18H24N2O4S/c1-2-3-4-16(21)20-12-25-11-15(20)17(22)19-10-9-13-5-7-14(8-6-13)18(23)24/h5-8,15H,2-4,9-12H2,1H3,(H,19,22)(H,23,24). The summed E-state index contributed by atoms with van der Waals surface area (Å²) in [5, 5.41) is 11.8. The van der Waals surface area contributed by atoms with Crippen molar-refractivity contribution in [1.29, 1.82) is 0 Å². The van der Waals surface area contributed by atoms with Gasteiger partial charge in [-0.3, -0.25) is 9.59 Å². The van der Waals surface area contributed by atoms with Gasteiger partial charge >= 0.3 is 5.97 Å². The lowest BCUT2D eigenvalue weighted by Crippen LogP contribution is -2.47. The number of aromatic carboxylic acids is 1. The van der Waals surface area contributed by atoms with E-state index in [0.717, 1.165) is 18.4 Å². The van der Waals surface area contributed by atoms with Crippen molar-refractivity contribution in [2.24, 2.45) is 0 Å². The Bertz CT molecular complexity index is 618. The maximum atomic E-state index is 12.4. The number of nitrogens with zero attached hydrogens (tertiary/aromatic N) is 1. The van der Waals surface area contributed by atoms with Crippen LogP contribution in [0.4, 0.5) is 0 Å². The molecule has 1 saturated heterocycles. The normalized spacial score (nSPS) is 16.7. The highest BCUT2D eigenvalue weighted by molar-refractivity contribution is 7.99. The average molecular weight is 364 g/mol. The van der Waals surface area contributed by atoms with Crippen LogP contribution in [0.2, 0.25) is 0 Å². The molecule has 1 heterocycles. The fourth-order valence-electron chi connectivity index (χ4n) is 2.64. The minimum absolute atomic E-state index is 0.0521. The van der Waals surface area contributed by atoms with Crippen molar-refractivity contribution in [1.82, 2.24) is 10.2 Å². The maximum absolute atomic E-state index is 12.4. The molecule has 1 aliphatic rings. The maximum Gasteiger partial charge on any atom is 0.335 e. The first-order valence-electron chi connectivity index (χ1n) is 8.50. The summed E-state index contributed by atoms with van der Waals surface area (Å²) in [7, 11) is 0. The number of amides is 2. The van der Waals surface area contributed by atoms with E-state index in [1.807, 2.05) is 6.92 Å². The number of unbranched alkanes of at least 4 members (excludes halogenated alkanes) is 1. The first-order valence-corrected chi connectivity index (χ1v) is 9.65. The van der Waals surface area contributed by atoms with Gasteiger partial charge in [-0.15, -0.1) is 11.8 Å². The number of thioether (sulfide) groups is 1. The fourth-order valence-corrected chi connectivity index (χ4v) is 3.82. The molecule has 1 aromatic rings. The predicted molar refractivity (Wildman–Crippen MR) is 97.6 cm³/mol. The van der Waals surface area contributed by atoms with Crippen LogP contribution in [0.3, 0.4) is 0 Å². The summed E-state index contributed by atoms with van der Waals surface area (Å²) in [6, 6.07) is 6.23. The van der Waals surface area contributed by atoms with E-state index in [4.69, 9.17) is 5.11 Å². The molecule has 0 aromatic heterocycles. The molecule has 0 saturated carbocycles. The number of rotatable bonds is 8. The zero-order valence-corrected chi connectivity index (χ0v) is 15.2. The second-order valence-corrected chi connectivity index (χ2v) is 7.03. The highest BCUT2D eigenvalue weighted by Crippen LogP contribution is 2.22. The largest absolute Gasteiger partial charge is 0.478 e. The van der Waals surface area contributed by atoms with Crippen LogP contribution in [0.1, 0.15) is 42.1 Å². The van der Waals surface area contributed by atoms with Crippen LogP contribution in [0.5, 0.6) is 0 Å². The van der Waals surface area contributed by atoms with E-state index >= 15 is 0 Å². The molecule has 6 nitrogen and oxygen atoms in total. The van der Waals surface area contributed by atoms with Crippen molar-refractivity contribution in [2.75, 3.05) is 18.2 Å². The molecule has 0 bridgehead atoms. The number of nitrogens with one attached hydrogen (secondary N) is 1. The van der Waals surface area contributed by atoms with E-state index in [1.54, 1.807) is 40.9 Å². The summed E-state index contributed by atoms with van der Waals surface area (Å²) < 4.78 is 0. The number of carboxylic acids is 1. The number of carboxylic acid groups (broad SMARTS) is 1. The molecule has 0 aliphatic carbocycles. The van der Waals surface area contributed by atoms with Gasteiger partial charge in [0.25, 0.3) is 0 Å². The lowest BCUT2D eigenvalue weighted by molar-refractivity contribution is -0.138. The molecule has 2 amide bonds. The minimum atomic E-state index is -0.952. The number of hydrogen-bond donors (Lipinski definition) is 2. The summed E-state index contributed by atoms with van der Waals surface area (Å²) in [4.78, 5) is 37.1. The van der Waals surface area contributed by atoms with Crippen LogP contribution in [-0.2, 0) is 16.0 Å². The Hall–Kier alpha value is -2.02. The van der Waals surface area contributed by atoms with Crippen molar-refractivity contribution < 1.29 is 19.5 Å². The topological polar surface area (TPSA) is 86.7 Å². The van der Waals surface area contributed by atoms with Crippen LogP contribution in [0.15, 0.2) is 24.3 Å². The number of carbonyl (C=O) groups is 3. The SMILES string of the molecule is CCCCC(=O)N1CSCC1C(=O)NCCc1ccc(C(=O)O)cc1. The zero-order valence-electron chi connectivity index (χ0n) is 14.4. The molecule has 1 fully saturated rings. The van der Waals surface area contributed by atoms with Gasteiger partial charge in [-0.25, -0.2) is 4.79 Å². The van der Waals surface area contributed by atoms with E-state index in [9.17, 15) is 14.4 Å². The van der Waals surface area contributed by atoms with Gasteiger partial charge in [0, 0.05) is 18.7 Å². The lowest BCUT2D eigenvalue weighted by Gasteiger charge is -2.23. The summed E-state index contributed by atoms with van der Waals surface area (Å²) in [6.07, 6.45) is 2.93. The van der Waals surface area contributed by atoms with Crippen LogP contribution < -0.4 is 5.32 Å². The number of benzene rings is 1. The van der Waals surface area contributed by atoms with Gasteiger partial charge in [-0.1, -0.05) is 25.5 Å². The highest BCUT2D eigenvalue weighted by Gasteiger charge is 2.33. The monoisotopic (exact) mass is 364 g/mol. The smallest absolute Gasteiger partial charge is 0.335 e. The fraction of sp³-hybridized carbons (Fsp3) is 0.500. The molecule has 1 aromatic carbocycles. The molecule has 136 valence electrons. The van der Waals surface area contributed by atoms with Crippen LogP contribution in [-0.4, -0.2) is 52.0 Å². The Kier molecular flexibility index (Phi) is 7.31. The molecule has 1 unspecified atom stereocenters. The van der Waals surface area contributed by atoms with Crippen molar-refractivity contribution >= 4 is 29.5 Å². The quantitative estimate of drug-likeness (QED) is 0.738. The van der Waals surface area contributed by atoms with Crippen LogP contribution in [0, 0.1) is 0 Å². The average Bonchev–Trinajstić information content (AvgIpc) is 3.10. The first-order chi connectivity index (χ1) is 12.0. The summed E-state index contributed by atoms with van der Waals surface area (Å²) >= 11 is 1.60. The molecule has 0 spiro atoms. The van der Waals surface area contributed by atoms with Crippen molar-refractivity contribution in [3.63, 3.8) is 0 Å². The van der Waals surface area contributed by atoms with Gasteiger partial charge in [0.15, 0.2) is 0 Å². The summed E-state index contributed by atoms with van der Waals surface area (Å²) in [5.74, 6) is 0.202. The lowest BCUT2D eigenvalue weighted by atomic mass is 10.1. The highest BCUT2D eigenvalue weighted by atomic mass is 32.2. The van der Waals surface area contributed by atoms with E-state index in [1.165, 1.54) is 0 Å². The van der Waals surface area contributed by atoms with Crippen molar-refractivity contribution in [2.45, 2.75) is 38.6 Å². The Balaban J connectivity index is 1.80. The third-order valence-electron chi connectivity index (χ3n) is 4.16. The van der Waals surface area contributed by atoms with E-state index in [-0.39, 0.29) is 23.4 Å². The molecule has 7 heteroatoms. The Morgan fingerprint density at radius 2 is 2.00 bits per heavy atom. The molecule has 2 rings (SSSR count). The molecular formula is C18H24N2O4S. The molecule has 25 heavy (non-hydrogen) atoms. The van der Waals surface area contributed by atoms with Gasteiger partial charge in [-0.05, 0) is 30.5 Å². The Morgan fingerprint density at radius 3 is 2.64 bits per heavy atom. The van der Waals surface area contributed by atoms with Gasteiger partial charge in [0.05, 0.1) is 11.4 Å². The van der Waals surface area contributed by atoms with Gasteiger partial charge in [-0.2, -0.15) is 0 Å². The van der Waals surface area contributed by atoms with E-state index < -0.39 is 5.97 Å². The van der Waals surface area contributed by atoms with Crippen molar-refractivity contribution in [3.8, 4) is 0 Å². The first kappa shape index (κ1) is 19.3. The van der Waals surface area contributed by atoms with E-state index in [0.29, 0.717) is 31.0 Å². The number of hydrogen-bond acceptors (Lipinski definition) is 4. The Morgan fingerprint density at radius 1 is 1.28 bits per heavy atom. The second-order valence-electron chi connectivity index (χ2n) is 6.03. The third kappa shape index (κ3) is 5.49. The van der Waals surface area contributed by atoms with Crippen LogP contribution in [0.25, 0.3) is 0 Å². The van der Waals surface area contributed by atoms with E-state index in [2.05, 4.69) is 5.32 Å². The Labute approximate surface area is 152 Å². The summed E-state index contributed by atoms with van der Waals surface area (Å²) in [5.41, 5.74) is 1.21. The van der Waals surface area contributed by atoms with Gasteiger partial charge in [0.2, 0.25) is 11.8 Å². The number of carbonyl (C=O) groups excluding carboxylic acids is 2. The molecule has 0 radical (unpaired) electrons. The van der Waals surface area contributed by atoms with Gasteiger partial charge in [0.1, 0.15) is 6.04 Å². The molecule has 1 atom stereocenters. The molecular weight excluding hydrogens is 340 g/mol. The van der Waals surface area contributed by atoms with Crippen molar-refractivity contribution in [3.05, 3.63) is 35.4 Å². The second kappa shape index (κ2) is 9.46. The molecule has 2 N–H and O–H groups in total. The van der Waals surface area contributed by atoms with Crippen LogP contribution >= 0.6 is 11.8 Å². The van der Waals surface area contributed by atoms with Gasteiger partial charge < -0.3 is 15.3 Å².